The minimum atomic E-state index is -3.45. The smallest absolute Gasteiger partial charge is 0.229 e. The molecule has 0 radical (unpaired) electrons. The SMILES string of the molecule is CN(CC(C1CC1)N1C(=O)C(C)(CC(O)CO)CC(c2cccc(Cl)c2)C1c1ccc(Cl)cc1)S(=O)(=O)C1CC1. The van der Waals surface area contributed by atoms with Gasteiger partial charge < -0.3 is 15.1 Å². The van der Waals surface area contributed by atoms with Crippen LogP contribution in [0.15, 0.2) is 48.5 Å². The largest absolute Gasteiger partial charge is 0.394 e. The summed E-state index contributed by atoms with van der Waals surface area (Å²) in [6.07, 6.45) is 2.64. The summed E-state index contributed by atoms with van der Waals surface area (Å²) in [4.78, 5) is 16.6. The Labute approximate surface area is 247 Å². The van der Waals surface area contributed by atoms with Crippen LogP contribution < -0.4 is 0 Å². The highest BCUT2D eigenvalue weighted by molar-refractivity contribution is 7.90. The van der Waals surface area contributed by atoms with Gasteiger partial charge in [-0.15, -0.1) is 0 Å². The second-order valence-corrected chi connectivity index (χ2v) is 15.3. The van der Waals surface area contributed by atoms with Crippen molar-refractivity contribution in [3.63, 3.8) is 0 Å². The summed E-state index contributed by atoms with van der Waals surface area (Å²) in [5.41, 5.74) is 0.882. The van der Waals surface area contributed by atoms with Crippen LogP contribution in [0.1, 0.15) is 68.5 Å². The van der Waals surface area contributed by atoms with Crippen molar-refractivity contribution in [2.75, 3.05) is 20.2 Å². The van der Waals surface area contributed by atoms with Crippen molar-refractivity contribution in [3.05, 3.63) is 69.7 Å². The van der Waals surface area contributed by atoms with E-state index >= 15 is 0 Å². The zero-order chi connectivity index (χ0) is 28.8. The third-order valence-corrected chi connectivity index (χ3v) is 11.7. The number of rotatable bonds is 11. The van der Waals surface area contributed by atoms with E-state index < -0.39 is 34.2 Å². The zero-order valence-electron chi connectivity index (χ0n) is 22.9. The molecule has 1 amide bonds. The Kier molecular flexibility index (Phi) is 8.60. The van der Waals surface area contributed by atoms with Crippen molar-refractivity contribution in [3.8, 4) is 0 Å². The minimum absolute atomic E-state index is 0.0941. The van der Waals surface area contributed by atoms with Crippen LogP contribution in [0.3, 0.4) is 0 Å². The van der Waals surface area contributed by atoms with E-state index in [1.807, 2.05) is 60.4 Å². The molecular weight excluding hydrogens is 571 g/mol. The summed E-state index contributed by atoms with van der Waals surface area (Å²) in [6.45, 7) is 1.62. The van der Waals surface area contributed by atoms with E-state index in [0.29, 0.717) is 29.3 Å². The third kappa shape index (κ3) is 6.08. The summed E-state index contributed by atoms with van der Waals surface area (Å²) >= 11 is 12.7. The predicted molar refractivity (Wildman–Crippen MR) is 157 cm³/mol. The number of carbonyl (C=O) groups is 1. The Bertz CT molecular complexity index is 1330. The van der Waals surface area contributed by atoms with E-state index in [1.54, 1.807) is 7.05 Å². The van der Waals surface area contributed by atoms with Gasteiger partial charge in [0.15, 0.2) is 0 Å². The standard InChI is InChI=1S/C30H38Cl2N2O5S/c1-30(15-24(36)18-35)16-26(21-4-3-5-23(32)14-21)28(20-8-10-22(31)11-9-20)34(29(30)37)27(19-6-7-19)17-33(2)40(38,39)25-12-13-25/h3-5,8-11,14,19,24-28,35-36H,6-7,12-13,15-18H2,1-2H3. The van der Waals surface area contributed by atoms with Crippen LogP contribution in [0.4, 0.5) is 0 Å². The summed E-state index contributed by atoms with van der Waals surface area (Å²) in [6, 6.07) is 14.4. The number of amides is 1. The van der Waals surface area contributed by atoms with Gasteiger partial charge in [0.05, 0.1) is 24.0 Å². The fourth-order valence-corrected chi connectivity index (χ4v) is 8.38. The molecule has 3 fully saturated rings. The van der Waals surface area contributed by atoms with Gasteiger partial charge in [0.25, 0.3) is 0 Å². The number of aliphatic hydroxyl groups excluding tert-OH is 2. The molecule has 0 spiro atoms. The Morgan fingerprint density at radius 1 is 1.05 bits per heavy atom. The number of aliphatic hydroxyl groups is 2. The molecule has 2 aromatic rings. The molecular formula is C30H38Cl2N2O5S. The van der Waals surface area contributed by atoms with E-state index in [-0.39, 0.29) is 42.0 Å². The van der Waals surface area contributed by atoms with Gasteiger partial charge >= 0.3 is 0 Å². The molecule has 0 aromatic heterocycles. The summed E-state index contributed by atoms with van der Waals surface area (Å²) in [5.74, 6) is -0.159. The van der Waals surface area contributed by atoms with E-state index in [0.717, 1.165) is 24.0 Å². The Morgan fingerprint density at radius 2 is 1.73 bits per heavy atom. The van der Waals surface area contributed by atoms with Crippen LogP contribution in [0, 0.1) is 11.3 Å². The molecule has 2 aromatic carbocycles. The Balaban J connectivity index is 1.64. The van der Waals surface area contributed by atoms with Crippen molar-refractivity contribution in [2.24, 2.45) is 11.3 Å². The maximum atomic E-state index is 14.7. The van der Waals surface area contributed by atoms with E-state index in [1.165, 1.54) is 4.31 Å². The van der Waals surface area contributed by atoms with Crippen LogP contribution in [0.25, 0.3) is 0 Å². The van der Waals surface area contributed by atoms with Crippen molar-refractivity contribution >= 4 is 39.1 Å². The lowest BCUT2D eigenvalue weighted by Gasteiger charge is -2.53. The third-order valence-electron chi connectivity index (χ3n) is 8.83. The van der Waals surface area contributed by atoms with E-state index in [2.05, 4.69) is 0 Å². The molecule has 218 valence electrons. The van der Waals surface area contributed by atoms with Gasteiger partial charge in [0.1, 0.15) is 0 Å². The number of piperidine rings is 1. The summed E-state index contributed by atoms with van der Waals surface area (Å²) in [7, 11) is -1.82. The average molecular weight is 610 g/mol. The normalized spacial score (nSPS) is 27.2. The molecule has 7 nitrogen and oxygen atoms in total. The first-order chi connectivity index (χ1) is 18.9. The van der Waals surface area contributed by atoms with E-state index in [4.69, 9.17) is 23.2 Å². The fourth-order valence-electron chi connectivity index (χ4n) is 6.45. The van der Waals surface area contributed by atoms with Gasteiger partial charge in [0.2, 0.25) is 15.9 Å². The molecule has 10 heteroatoms. The number of nitrogens with zero attached hydrogens (tertiary/aromatic N) is 2. The molecule has 2 saturated carbocycles. The number of hydrogen-bond acceptors (Lipinski definition) is 5. The first kappa shape index (κ1) is 29.8. The average Bonchev–Trinajstić information content (AvgIpc) is 3.82. The highest BCUT2D eigenvalue weighted by atomic mass is 35.5. The van der Waals surface area contributed by atoms with Crippen LogP contribution in [-0.2, 0) is 14.8 Å². The van der Waals surface area contributed by atoms with Crippen LogP contribution >= 0.6 is 23.2 Å². The number of carbonyl (C=O) groups excluding carboxylic acids is 1. The fraction of sp³-hybridized carbons (Fsp3) is 0.567. The highest BCUT2D eigenvalue weighted by Crippen LogP contribution is 2.54. The van der Waals surface area contributed by atoms with Gasteiger partial charge in [-0.3, -0.25) is 4.79 Å². The second-order valence-electron chi connectivity index (χ2n) is 12.1. The van der Waals surface area contributed by atoms with Gasteiger partial charge in [-0.05, 0) is 79.8 Å². The zero-order valence-corrected chi connectivity index (χ0v) is 25.2. The number of likely N-dealkylation sites (tertiary alicyclic amines) is 1. The summed E-state index contributed by atoms with van der Waals surface area (Å²) in [5, 5.41) is 21.1. The number of likely N-dealkylation sites (N-methyl/N-ethyl adjacent to an activating group) is 1. The molecule has 1 heterocycles. The maximum absolute atomic E-state index is 14.7. The van der Waals surface area contributed by atoms with Gasteiger partial charge in [-0.1, -0.05) is 54.4 Å². The minimum Gasteiger partial charge on any atom is -0.394 e. The molecule has 0 bridgehead atoms. The lowest BCUT2D eigenvalue weighted by Crippen LogP contribution is -2.59. The number of halogens is 2. The van der Waals surface area contributed by atoms with Gasteiger partial charge in [0, 0.05) is 41.0 Å². The number of sulfonamides is 1. The molecule has 5 unspecified atom stereocenters. The number of benzene rings is 2. The lowest BCUT2D eigenvalue weighted by atomic mass is 9.66. The Morgan fingerprint density at radius 3 is 2.30 bits per heavy atom. The monoisotopic (exact) mass is 608 g/mol. The number of hydrogen-bond donors (Lipinski definition) is 2. The molecule has 40 heavy (non-hydrogen) atoms. The Hall–Kier alpha value is -1.68. The van der Waals surface area contributed by atoms with Crippen molar-refractivity contribution in [1.29, 1.82) is 0 Å². The van der Waals surface area contributed by atoms with Crippen molar-refractivity contribution < 1.29 is 23.4 Å². The molecule has 3 aliphatic rings. The molecule has 2 aliphatic carbocycles. The summed E-state index contributed by atoms with van der Waals surface area (Å²) < 4.78 is 27.8. The molecule has 2 N–H and O–H groups in total. The molecule has 5 rings (SSSR count). The van der Waals surface area contributed by atoms with Crippen molar-refractivity contribution in [2.45, 2.75) is 74.8 Å². The predicted octanol–water partition coefficient (Wildman–Crippen LogP) is 5.00. The first-order valence-electron chi connectivity index (χ1n) is 14.0. The van der Waals surface area contributed by atoms with Crippen LogP contribution in [-0.4, -0.2) is 71.3 Å². The van der Waals surface area contributed by atoms with Crippen LogP contribution in [0.5, 0.6) is 0 Å². The highest BCUT2D eigenvalue weighted by Gasteiger charge is 2.55. The van der Waals surface area contributed by atoms with E-state index in [9.17, 15) is 23.4 Å². The quantitative estimate of drug-likeness (QED) is 0.374. The van der Waals surface area contributed by atoms with Gasteiger partial charge in [-0.2, -0.15) is 0 Å². The second kappa shape index (κ2) is 11.5. The van der Waals surface area contributed by atoms with Gasteiger partial charge in [-0.25, -0.2) is 12.7 Å². The molecule has 1 saturated heterocycles. The topological polar surface area (TPSA) is 98.2 Å². The maximum Gasteiger partial charge on any atom is 0.229 e. The molecule has 1 aliphatic heterocycles. The van der Waals surface area contributed by atoms with Crippen molar-refractivity contribution in [1.82, 2.24) is 9.21 Å². The molecule has 5 atom stereocenters. The van der Waals surface area contributed by atoms with Crippen LogP contribution in [0.2, 0.25) is 10.0 Å². The first-order valence-corrected chi connectivity index (χ1v) is 16.3. The lowest BCUT2D eigenvalue weighted by molar-refractivity contribution is -0.158.